The molecule has 0 amide bonds. The second kappa shape index (κ2) is 7.48. The summed E-state index contributed by atoms with van der Waals surface area (Å²) in [6.45, 7) is 2.09. The molecule has 0 saturated carbocycles. The molecule has 0 unspecified atom stereocenters. The van der Waals surface area contributed by atoms with Crippen molar-refractivity contribution in [3.05, 3.63) is 71.5 Å². The molecule has 5 nitrogen and oxygen atoms in total. The van der Waals surface area contributed by atoms with Gasteiger partial charge in [-0.2, -0.15) is 0 Å². The van der Waals surface area contributed by atoms with Crippen molar-refractivity contribution in [2.45, 2.75) is 38.8 Å². The molecule has 2 aromatic heterocycles. The van der Waals surface area contributed by atoms with Crippen LogP contribution in [0.5, 0.6) is 0 Å². The average molecular weight is 400 g/mol. The highest BCUT2D eigenvalue weighted by Crippen LogP contribution is 2.29. The molecule has 0 fully saturated rings. The fourth-order valence-corrected chi connectivity index (χ4v) is 4.81. The minimum absolute atomic E-state index is 0.445. The monoisotopic (exact) mass is 400 g/mol. The number of hydrogen-bond donors (Lipinski definition) is 0. The topological polar surface area (TPSA) is 53.2 Å². The smallest absolute Gasteiger partial charge is 0.379 e. The Bertz CT molecular complexity index is 1280. The van der Waals surface area contributed by atoms with Crippen LogP contribution in [0.25, 0.3) is 21.8 Å². The summed E-state index contributed by atoms with van der Waals surface area (Å²) in [6, 6.07) is 14.7. The lowest BCUT2D eigenvalue weighted by atomic mass is 10.0. The summed E-state index contributed by atoms with van der Waals surface area (Å²) in [5.74, 6) is -1.38. The van der Waals surface area contributed by atoms with Gasteiger partial charge in [-0.3, -0.25) is 4.79 Å². The first-order valence-electron chi connectivity index (χ1n) is 10.5. The Morgan fingerprint density at radius 3 is 2.33 bits per heavy atom. The number of para-hydroxylation sites is 2. The lowest BCUT2D eigenvalue weighted by Crippen LogP contribution is -2.15. The Labute approximate surface area is 174 Å². The van der Waals surface area contributed by atoms with Crippen molar-refractivity contribution in [2.24, 2.45) is 0 Å². The van der Waals surface area contributed by atoms with Gasteiger partial charge in [-0.05, 0) is 48.3 Å². The van der Waals surface area contributed by atoms with Crippen LogP contribution in [0, 0.1) is 0 Å². The van der Waals surface area contributed by atoms with Crippen molar-refractivity contribution in [1.82, 2.24) is 9.13 Å². The van der Waals surface area contributed by atoms with E-state index in [9.17, 15) is 9.59 Å². The van der Waals surface area contributed by atoms with E-state index in [1.54, 1.807) is 6.20 Å². The van der Waals surface area contributed by atoms with Gasteiger partial charge in [-0.15, -0.1) is 0 Å². The molecule has 0 radical (unpaired) electrons. The predicted octanol–water partition coefficient (Wildman–Crippen LogP) is 4.53. The number of aryl methyl sites for hydroxylation is 4. The lowest BCUT2D eigenvalue weighted by Gasteiger charge is -2.14. The maximum Gasteiger partial charge on any atom is 0.379 e. The standard InChI is InChI=1S/C14H13NO3.C11H11N/c1-18-14(17)13(16)11-8-15-7-3-5-9-4-2-6-10(11)12(9)15;1-3-9-5-2-7-12-8-6-10(4-1)11(9)12/h2,4,6,8H,3,5,7H2,1H3;1,3-4,6,8H,2,5,7H2. The fraction of sp³-hybridized carbons (Fsp3) is 0.280. The van der Waals surface area contributed by atoms with Gasteiger partial charge in [-0.25, -0.2) is 4.79 Å². The van der Waals surface area contributed by atoms with Gasteiger partial charge in [0, 0.05) is 30.9 Å². The molecule has 6 rings (SSSR count). The molecule has 2 aromatic carbocycles. The second-order valence-corrected chi connectivity index (χ2v) is 7.94. The first-order chi connectivity index (χ1) is 14.7. The van der Waals surface area contributed by atoms with Crippen molar-refractivity contribution in [2.75, 3.05) is 7.11 Å². The molecule has 2 aliphatic heterocycles. The van der Waals surface area contributed by atoms with Crippen molar-refractivity contribution < 1.29 is 14.3 Å². The molecule has 2 aliphatic rings. The van der Waals surface area contributed by atoms with Crippen LogP contribution in [-0.4, -0.2) is 28.0 Å². The van der Waals surface area contributed by atoms with E-state index < -0.39 is 11.8 Å². The first kappa shape index (κ1) is 18.7. The van der Waals surface area contributed by atoms with Crippen LogP contribution in [0.1, 0.15) is 34.3 Å². The van der Waals surface area contributed by atoms with Crippen LogP contribution in [0.15, 0.2) is 54.9 Å². The van der Waals surface area contributed by atoms with E-state index in [1.165, 1.54) is 48.5 Å². The van der Waals surface area contributed by atoms with Gasteiger partial charge < -0.3 is 13.9 Å². The third kappa shape index (κ3) is 3.02. The Kier molecular flexibility index (Phi) is 4.66. The molecule has 0 saturated heterocycles. The largest absolute Gasteiger partial charge is 0.463 e. The van der Waals surface area contributed by atoms with E-state index in [2.05, 4.69) is 50.4 Å². The van der Waals surface area contributed by atoms with Gasteiger partial charge in [0.1, 0.15) is 0 Å². The number of carbonyl (C=O) groups excluding carboxylic acids is 2. The molecule has 0 spiro atoms. The van der Waals surface area contributed by atoms with Crippen LogP contribution in [0.4, 0.5) is 0 Å². The highest BCUT2D eigenvalue weighted by Gasteiger charge is 2.24. The number of hydrogen-bond acceptors (Lipinski definition) is 3. The van der Waals surface area contributed by atoms with Crippen LogP contribution < -0.4 is 0 Å². The van der Waals surface area contributed by atoms with Crippen LogP contribution in [0.3, 0.4) is 0 Å². The van der Waals surface area contributed by atoms with Crippen LogP contribution in [0.2, 0.25) is 0 Å². The Hall–Kier alpha value is -3.34. The Morgan fingerprint density at radius 1 is 0.867 bits per heavy atom. The number of Topliss-reactive ketones (excluding diaryl/α,β-unsaturated/α-hetero) is 1. The van der Waals surface area contributed by atoms with E-state index in [0.29, 0.717) is 5.56 Å². The normalized spacial score (nSPS) is 14.3. The number of carbonyl (C=O) groups is 2. The number of benzene rings is 2. The molecule has 0 atom stereocenters. The summed E-state index contributed by atoms with van der Waals surface area (Å²) in [5, 5.41) is 2.25. The van der Waals surface area contributed by atoms with E-state index in [4.69, 9.17) is 0 Å². The third-order valence-electron chi connectivity index (χ3n) is 6.16. The van der Waals surface area contributed by atoms with Crippen LogP contribution >= 0.6 is 0 Å². The molecule has 4 heterocycles. The fourth-order valence-electron chi connectivity index (χ4n) is 4.81. The van der Waals surface area contributed by atoms with Gasteiger partial charge in [0.05, 0.1) is 23.7 Å². The first-order valence-corrected chi connectivity index (χ1v) is 10.5. The maximum atomic E-state index is 12.0. The Morgan fingerprint density at radius 2 is 1.57 bits per heavy atom. The molecule has 0 N–H and O–H groups in total. The van der Waals surface area contributed by atoms with Gasteiger partial charge in [0.15, 0.2) is 0 Å². The van der Waals surface area contributed by atoms with E-state index in [1.807, 2.05) is 12.1 Å². The summed E-state index contributed by atoms with van der Waals surface area (Å²) in [7, 11) is 1.23. The number of rotatable bonds is 2. The Balaban J connectivity index is 0.000000139. The molecule has 4 aromatic rings. The predicted molar refractivity (Wildman–Crippen MR) is 117 cm³/mol. The summed E-state index contributed by atoms with van der Waals surface area (Å²) in [5.41, 5.74) is 5.74. The van der Waals surface area contributed by atoms with Crippen molar-refractivity contribution in [3.8, 4) is 0 Å². The minimum Gasteiger partial charge on any atom is -0.463 e. The van der Waals surface area contributed by atoms with Crippen molar-refractivity contribution >= 4 is 33.6 Å². The molecule has 0 aliphatic carbocycles. The number of methoxy groups -OCH3 is 1. The average Bonchev–Trinajstić information content (AvgIpc) is 3.38. The third-order valence-corrected chi connectivity index (χ3v) is 6.16. The quantitative estimate of drug-likeness (QED) is 0.282. The zero-order valence-electron chi connectivity index (χ0n) is 17.1. The summed E-state index contributed by atoms with van der Waals surface area (Å²) in [4.78, 5) is 23.3. The number of nitrogens with zero attached hydrogens (tertiary/aromatic N) is 2. The zero-order valence-corrected chi connectivity index (χ0v) is 17.1. The lowest BCUT2D eigenvalue weighted by molar-refractivity contribution is -0.135. The van der Waals surface area contributed by atoms with Crippen molar-refractivity contribution in [1.29, 1.82) is 0 Å². The summed E-state index contributed by atoms with van der Waals surface area (Å²) in [6.07, 6.45) is 8.60. The van der Waals surface area contributed by atoms with E-state index >= 15 is 0 Å². The molecule has 152 valence electrons. The molecule has 0 bridgehead atoms. The molecular formula is C25H24N2O3. The van der Waals surface area contributed by atoms with Gasteiger partial charge in [0.25, 0.3) is 5.78 Å². The molecule has 30 heavy (non-hydrogen) atoms. The van der Waals surface area contributed by atoms with E-state index in [0.717, 1.165) is 30.3 Å². The number of ketones is 1. The van der Waals surface area contributed by atoms with E-state index in [-0.39, 0.29) is 0 Å². The highest BCUT2D eigenvalue weighted by molar-refractivity contribution is 6.43. The maximum absolute atomic E-state index is 12.0. The zero-order chi connectivity index (χ0) is 20.7. The van der Waals surface area contributed by atoms with Gasteiger partial charge >= 0.3 is 5.97 Å². The summed E-state index contributed by atoms with van der Waals surface area (Å²) >= 11 is 0. The SMILES string of the molecule is COC(=O)C(=O)c1cn2c3c(cccc13)CCC2.c1cc2c3c(c1)ccn3CCC2. The number of esters is 1. The summed E-state index contributed by atoms with van der Waals surface area (Å²) < 4.78 is 8.94. The minimum atomic E-state index is -0.807. The van der Waals surface area contributed by atoms with Crippen molar-refractivity contribution in [3.63, 3.8) is 0 Å². The molecule has 5 heteroatoms. The second-order valence-electron chi connectivity index (χ2n) is 7.94. The highest BCUT2D eigenvalue weighted by atomic mass is 16.5. The van der Waals surface area contributed by atoms with Crippen LogP contribution in [-0.2, 0) is 35.5 Å². The number of ether oxygens (including phenoxy) is 1. The van der Waals surface area contributed by atoms with Gasteiger partial charge in [0.2, 0.25) is 0 Å². The van der Waals surface area contributed by atoms with Gasteiger partial charge in [-0.1, -0.05) is 36.4 Å². The number of aromatic nitrogens is 2. The molecular weight excluding hydrogens is 376 g/mol.